The zero-order chi connectivity index (χ0) is 22.6. The number of nitrogens with zero attached hydrogens (tertiary/aromatic N) is 4. The standard InChI is InChI=1S/C27H25ClN4O/c28-23-9-3-7-20(16-23)25-11-4-12-26(30-25)22-8-5-14-32(18-22)27(33)24-10-2-1-6-21(24)17-31-15-13-29-19-31/h1-4,6-7,9-13,15-16,19,22H,5,8,14,17-18H2/t22-/m0/s1. The number of rotatable bonds is 5. The molecule has 1 saturated heterocycles. The fourth-order valence-corrected chi connectivity index (χ4v) is 4.69. The van der Waals surface area contributed by atoms with E-state index in [1.807, 2.05) is 76.3 Å². The number of benzene rings is 2. The molecule has 4 aromatic rings. The van der Waals surface area contributed by atoms with Gasteiger partial charge in [-0.1, -0.05) is 48.0 Å². The minimum atomic E-state index is 0.0846. The monoisotopic (exact) mass is 456 g/mol. The van der Waals surface area contributed by atoms with Crippen LogP contribution in [0.3, 0.4) is 0 Å². The maximum absolute atomic E-state index is 13.5. The van der Waals surface area contributed by atoms with E-state index in [1.165, 1.54) is 0 Å². The van der Waals surface area contributed by atoms with E-state index >= 15 is 0 Å². The number of amides is 1. The van der Waals surface area contributed by atoms with Gasteiger partial charge in [-0.3, -0.25) is 9.78 Å². The molecular formula is C27H25ClN4O. The molecule has 3 heterocycles. The highest BCUT2D eigenvalue weighted by molar-refractivity contribution is 6.30. The molecule has 5 nitrogen and oxygen atoms in total. The van der Waals surface area contributed by atoms with Gasteiger partial charge in [-0.15, -0.1) is 0 Å². The highest BCUT2D eigenvalue weighted by atomic mass is 35.5. The summed E-state index contributed by atoms with van der Waals surface area (Å²) in [7, 11) is 0. The summed E-state index contributed by atoms with van der Waals surface area (Å²) < 4.78 is 1.98. The molecule has 6 heteroatoms. The molecule has 1 fully saturated rings. The summed E-state index contributed by atoms with van der Waals surface area (Å²) in [5.74, 6) is 0.295. The molecule has 2 aromatic heterocycles. The van der Waals surface area contributed by atoms with E-state index in [9.17, 15) is 4.79 Å². The van der Waals surface area contributed by atoms with Gasteiger partial charge in [-0.2, -0.15) is 0 Å². The zero-order valence-corrected chi connectivity index (χ0v) is 19.0. The van der Waals surface area contributed by atoms with Crippen LogP contribution in [0.15, 0.2) is 85.5 Å². The zero-order valence-electron chi connectivity index (χ0n) is 18.3. The molecule has 0 aliphatic carbocycles. The normalized spacial score (nSPS) is 16.0. The van der Waals surface area contributed by atoms with E-state index in [0.717, 1.165) is 47.5 Å². The molecule has 1 aliphatic rings. The first-order valence-electron chi connectivity index (χ1n) is 11.2. The highest BCUT2D eigenvalue weighted by Gasteiger charge is 2.27. The predicted molar refractivity (Wildman–Crippen MR) is 130 cm³/mol. The van der Waals surface area contributed by atoms with Crippen LogP contribution in [0.4, 0.5) is 0 Å². The number of carbonyl (C=O) groups excluding carboxylic acids is 1. The SMILES string of the molecule is O=C(c1ccccc1Cn1ccnc1)N1CCC[C@H](c2cccc(-c3cccc(Cl)c3)n2)C1. The number of hydrogen-bond acceptors (Lipinski definition) is 3. The van der Waals surface area contributed by atoms with Crippen LogP contribution in [0.1, 0.15) is 40.4 Å². The third kappa shape index (κ3) is 4.83. The number of aromatic nitrogens is 3. The Balaban J connectivity index is 1.36. The predicted octanol–water partition coefficient (Wildman–Crippen LogP) is 5.67. The lowest BCUT2D eigenvalue weighted by Crippen LogP contribution is -2.39. The lowest BCUT2D eigenvalue weighted by Gasteiger charge is -2.33. The molecule has 0 saturated carbocycles. The molecule has 33 heavy (non-hydrogen) atoms. The lowest BCUT2D eigenvalue weighted by atomic mass is 9.93. The van der Waals surface area contributed by atoms with Crippen molar-refractivity contribution < 1.29 is 4.79 Å². The average molecular weight is 457 g/mol. The Kier molecular flexibility index (Phi) is 6.22. The molecule has 0 radical (unpaired) electrons. The minimum Gasteiger partial charge on any atom is -0.338 e. The molecule has 1 aliphatic heterocycles. The van der Waals surface area contributed by atoms with E-state index in [0.29, 0.717) is 18.1 Å². The van der Waals surface area contributed by atoms with Gasteiger partial charge in [-0.25, -0.2) is 4.98 Å². The first-order valence-corrected chi connectivity index (χ1v) is 11.6. The summed E-state index contributed by atoms with van der Waals surface area (Å²) >= 11 is 6.18. The van der Waals surface area contributed by atoms with Crippen LogP contribution in [0.25, 0.3) is 11.3 Å². The number of hydrogen-bond donors (Lipinski definition) is 0. The molecule has 1 amide bonds. The second-order valence-corrected chi connectivity index (χ2v) is 8.88. The van der Waals surface area contributed by atoms with Gasteiger partial charge in [0.25, 0.3) is 5.91 Å². The van der Waals surface area contributed by atoms with Crippen LogP contribution in [-0.4, -0.2) is 38.4 Å². The molecule has 166 valence electrons. The summed E-state index contributed by atoms with van der Waals surface area (Å²) in [5.41, 5.74) is 4.69. The Morgan fingerprint density at radius 2 is 1.94 bits per heavy atom. The molecule has 0 bridgehead atoms. The first-order chi connectivity index (χ1) is 16.2. The highest BCUT2D eigenvalue weighted by Crippen LogP contribution is 2.29. The van der Waals surface area contributed by atoms with Crippen LogP contribution in [-0.2, 0) is 6.54 Å². The Hall–Kier alpha value is -3.44. The van der Waals surface area contributed by atoms with Gasteiger partial charge in [0.05, 0.1) is 12.0 Å². The largest absolute Gasteiger partial charge is 0.338 e. The maximum Gasteiger partial charge on any atom is 0.254 e. The molecule has 5 rings (SSSR count). The Morgan fingerprint density at radius 1 is 1.06 bits per heavy atom. The van der Waals surface area contributed by atoms with Gasteiger partial charge in [0.2, 0.25) is 0 Å². The quantitative estimate of drug-likeness (QED) is 0.389. The molecule has 0 unspecified atom stereocenters. The van der Waals surface area contributed by atoms with Crippen LogP contribution >= 0.6 is 11.6 Å². The van der Waals surface area contributed by atoms with Crippen molar-refractivity contribution in [2.45, 2.75) is 25.3 Å². The van der Waals surface area contributed by atoms with Crippen LogP contribution in [0.2, 0.25) is 5.02 Å². The van der Waals surface area contributed by atoms with E-state index in [-0.39, 0.29) is 11.8 Å². The van der Waals surface area contributed by atoms with Crippen molar-refractivity contribution in [3.05, 3.63) is 107 Å². The topological polar surface area (TPSA) is 51.0 Å². The second-order valence-electron chi connectivity index (χ2n) is 8.44. The third-order valence-electron chi connectivity index (χ3n) is 6.18. The van der Waals surface area contributed by atoms with Crippen LogP contribution in [0, 0.1) is 0 Å². The van der Waals surface area contributed by atoms with Crippen molar-refractivity contribution in [1.82, 2.24) is 19.4 Å². The van der Waals surface area contributed by atoms with E-state index in [1.54, 1.807) is 12.5 Å². The summed E-state index contributed by atoms with van der Waals surface area (Å²) in [5, 5.41) is 0.698. The number of imidazole rings is 1. The average Bonchev–Trinajstić information content (AvgIpc) is 3.37. The van der Waals surface area contributed by atoms with Crippen molar-refractivity contribution in [1.29, 1.82) is 0 Å². The van der Waals surface area contributed by atoms with Gasteiger partial charge in [0.1, 0.15) is 0 Å². The van der Waals surface area contributed by atoms with Crippen molar-refractivity contribution in [2.75, 3.05) is 13.1 Å². The van der Waals surface area contributed by atoms with Gasteiger partial charge in [0, 0.05) is 59.8 Å². The Bertz CT molecular complexity index is 1250. The van der Waals surface area contributed by atoms with Crippen LogP contribution < -0.4 is 0 Å². The molecule has 0 spiro atoms. The smallest absolute Gasteiger partial charge is 0.254 e. The van der Waals surface area contributed by atoms with Crippen molar-refractivity contribution in [2.24, 2.45) is 0 Å². The van der Waals surface area contributed by atoms with Gasteiger partial charge in [-0.05, 0) is 48.7 Å². The third-order valence-corrected chi connectivity index (χ3v) is 6.41. The molecule has 2 aromatic carbocycles. The van der Waals surface area contributed by atoms with Gasteiger partial charge >= 0.3 is 0 Å². The maximum atomic E-state index is 13.5. The first kappa shape index (κ1) is 21.4. The second kappa shape index (κ2) is 9.59. The van der Waals surface area contributed by atoms with Crippen molar-refractivity contribution in [3.8, 4) is 11.3 Å². The number of carbonyl (C=O) groups is 1. The number of likely N-dealkylation sites (tertiary alicyclic amines) is 1. The summed E-state index contributed by atoms with van der Waals surface area (Å²) in [6, 6.07) is 21.7. The number of pyridine rings is 1. The molecule has 0 N–H and O–H groups in total. The van der Waals surface area contributed by atoms with E-state index < -0.39 is 0 Å². The van der Waals surface area contributed by atoms with Crippen LogP contribution in [0.5, 0.6) is 0 Å². The Labute approximate surface area is 198 Å². The van der Waals surface area contributed by atoms with Gasteiger partial charge in [0.15, 0.2) is 0 Å². The van der Waals surface area contributed by atoms with E-state index in [4.69, 9.17) is 16.6 Å². The van der Waals surface area contributed by atoms with Gasteiger partial charge < -0.3 is 9.47 Å². The fourth-order valence-electron chi connectivity index (χ4n) is 4.50. The number of halogens is 1. The Morgan fingerprint density at radius 3 is 2.79 bits per heavy atom. The number of piperidine rings is 1. The molecular weight excluding hydrogens is 432 g/mol. The van der Waals surface area contributed by atoms with Crippen molar-refractivity contribution >= 4 is 17.5 Å². The minimum absolute atomic E-state index is 0.0846. The summed E-state index contributed by atoms with van der Waals surface area (Å²) in [6.07, 6.45) is 7.42. The fraction of sp³-hybridized carbons (Fsp3) is 0.222. The molecule has 1 atom stereocenters. The summed E-state index contributed by atoms with van der Waals surface area (Å²) in [4.78, 5) is 24.5. The summed E-state index contributed by atoms with van der Waals surface area (Å²) in [6.45, 7) is 2.06. The van der Waals surface area contributed by atoms with Crippen molar-refractivity contribution in [3.63, 3.8) is 0 Å². The van der Waals surface area contributed by atoms with E-state index in [2.05, 4.69) is 11.1 Å². The lowest BCUT2D eigenvalue weighted by molar-refractivity contribution is 0.0704.